The second kappa shape index (κ2) is 6.08. The molecular weight excluding hydrogens is 256 g/mol. The maximum absolute atomic E-state index is 5.37. The lowest BCUT2D eigenvalue weighted by molar-refractivity contribution is 0.122. The smallest absolute Gasteiger partial charge is 0.0642 e. The van der Waals surface area contributed by atoms with Gasteiger partial charge in [-0.3, -0.25) is 0 Å². The van der Waals surface area contributed by atoms with Crippen molar-refractivity contribution in [1.29, 1.82) is 0 Å². The number of hydrogen-bond acceptors (Lipinski definition) is 4. The minimum absolute atomic E-state index is 0.835. The monoisotopic (exact) mass is 274 g/mol. The molecule has 1 saturated heterocycles. The standard InChI is InChI=1S/C15H18N2OS/c1-3-15(17-6-8-18-9-7-17)4-2-13(1)11-16-14-5-10-19-12-14/h1-5,10,12,16H,6-9,11H2. The largest absolute Gasteiger partial charge is 0.380 e. The second-order valence-corrected chi connectivity index (χ2v) is 5.41. The molecule has 0 bridgehead atoms. The van der Waals surface area contributed by atoms with Crippen molar-refractivity contribution < 1.29 is 4.74 Å². The van der Waals surface area contributed by atoms with Gasteiger partial charge in [-0.2, -0.15) is 11.3 Å². The number of nitrogens with zero attached hydrogens (tertiary/aromatic N) is 1. The second-order valence-electron chi connectivity index (χ2n) is 4.63. The Morgan fingerprint density at radius 1 is 1.11 bits per heavy atom. The van der Waals surface area contributed by atoms with E-state index >= 15 is 0 Å². The molecule has 0 spiro atoms. The fraction of sp³-hybridized carbons (Fsp3) is 0.333. The number of hydrogen-bond donors (Lipinski definition) is 1. The van der Waals surface area contributed by atoms with Crippen molar-refractivity contribution in [3.8, 4) is 0 Å². The third-order valence-corrected chi connectivity index (χ3v) is 4.01. The molecule has 1 aliphatic heterocycles. The van der Waals surface area contributed by atoms with Gasteiger partial charge in [0.2, 0.25) is 0 Å². The third-order valence-electron chi connectivity index (χ3n) is 3.33. The Kier molecular flexibility index (Phi) is 4.01. The van der Waals surface area contributed by atoms with Crippen LogP contribution in [0.4, 0.5) is 11.4 Å². The van der Waals surface area contributed by atoms with Gasteiger partial charge < -0.3 is 15.0 Å². The third kappa shape index (κ3) is 3.28. The predicted octanol–water partition coefficient (Wildman–Crippen LogP) is 3.20. The summed E-state index contributed by atoms with van der Waals surface area (Å²) in [6, 6.07) is 10.9. The molecule has 19 heavy (non-hydrogen) atoms. The molecular formula is C15H18N2OS. The van der Waals surface area contributed by atoms with Crippen LogP contribution in [-0.4, -0.2) is 26.3 Å². The first-order valence-corrected chi connectivity index (χ1v) is 7.54. The van der Waals surface area contributed by atoms with Crippen LogP contribution in [0, 0.1) is 0 Å². The Labute approximate surface area is 117 Å². The van der Waals surface area contributed by atoms with E-state index in [9.17, 15) is 0 Å². The summed E-state index contributed by atoms with van der Waals surface area (Å²) in [7, 11) is 0. The number of morpholine rings is 1. The first kappa shape index (κ1) is 12.5. The highest BCUT2D eigenvalue weighted by molar-refractivity contribution is 7.08. The van der Waals surface area contributed by atoms with E-state index in [-0.39, 0.29) is 0 Å². The number of anilines is 2. The first-order valence-electron chi connectivity index (χ1n) is 6.59. The van der Waals surface area contributed by atoms with Crippen LogP contribution in [0.2, 0.25) is 0 Å². The molecule has 3 rings (SSSR count). The molecule has 1 fully saturated rings. The molecule has 0 saturated carbocycles. The molecule has 2 heterocycles. The van der Waals surface area contributed by atoms with E-state index in [1.54, 1.807) is 11.3 Å². The van der Waals surface area contributed by atoms with Crippen LogP contribution >= 0.6 is 11.3 Å². The van der Waals surface area contributed by atoms with E-state index in [2.05, 4.69) is 51.3 Å². The minimum Gasteiger partial charge on any atom is -0.380 e. The van der Waals surface area contributed by atoms with Crippen LogP contribution in [0.3, 0.4) is 0 Å². The molecule has 0 unspecified atom stereocenters. The summed E-state index contributed by atoms with van der Waals surface area (Å²) < 4.78 is 5.37. The zero-order valence-electron chi connectivity index (χ0n) is 10.8. The topological polar surface area (TPSA) is 24.5 Å². The van der Waals surface area contributed by atoms with Gasteiger partial charge in [0.15, 0.2) is 0 Å². The molecule has 0 amide bonds. The maximum Gasteiger partial charge on any atom is 0.0642 e. The van der Waals surface area contributed by atoms with E-state index in [1.165, 1.54) is 16.9 Å². The molecule has 100 valence electrons. The Hall–Kier alpha value is -1.52. The minimum atomic E-state index is 0.835. The van der Waals surface area contributed by atoms with E-state index < -0.39 is 0 Å². The van der Waals surface area contributed by atoms with Crippen LogP contribution in [0.25, 0.3) is 0 Å². The molecule has 3 nitrogen and oxygen atoms in total. The summed E-state index contributed by atoms with van der Waals surface area (Å²) in [5.74, 6) is 0. The zero-order chi connectivity index (χ0) is 12.9. The van der Waals surface area contributed by atoms with Crippen molar-refractivity contribution in [1.82, 2.24) is 0 Å². The van der Waals surface area contributed by atoms with E-state index in [4.69, 9.17) is 4.74 Å². The van der Waals surface area contributed by atoms with Crippen molar-refractivity contribution in [2.75, 3.05) is 36.5 Å². The van der Waals surface area contributed by atoms with E-state index in [0.29, 0.717) is 0 Å². The fourth-order valence-corrected chi connectivity index (χ4v) is 2.83. The summed E-state index contributed by atoms with van der Waals surface area (Å²) >= 11 is 1.71. The van der Waals surface area contributed by atoms with Crippen LogP contribution in [0.15, 0.2) is 41.1 Å². The average Bonchev–Trinajstić information content (AvgIpc) is 3.00. The number of benzene rings is 1. The summed E-state index contributed by atoms with van der Waals surface area (Å²) in [6.45, 7) is 4.53. The maximum atomic E-state index is 5.37. The molecule has 1 aromatic carbocycles. The van der Waals surface area contributed by atoms with Crippen LogP contribution in [-0.2, 0) is 11.3 Å². The van der Waals surface area contributed by atoms with Crippen molar-refractivity contribution in [2.45, 2.75) is 6.54 Å². The quantitative estimate of drug-likeness (QED) is 0.926. The van der Waals surface area contributed by atoms with Crippen LogP contribution < -0.4 is 10.2 Å². The van der Waals surface area contributed by atoms with E-state index in [1.807, 2.05) is 0 Å². The van der Waals surface area contributed by atoms with Gasteiger partial charge in [-0.05, 0) is 29.1 Å². The molecule has 1 aromatic heterocycles. The van der Waals surface area contributed by atoms with Gasteiger partial charge in [-0.25, -0.2) is 0 Å². The molecule has 2 aromatic rings. The molecule has 0 radical (unpaired) electrons. The van der Waals surface area contributed by atoms with Crippen molar-refractivity contribution in [3.63, 3.8) is 0 Å². The first-order chi connectivity index (χ1) is 9.42. The fourth-order valence-electron chi connectivity index (χ4n) is 2.22. The van der Waals surface area contributed by atoms with E-state index in [0.717, 1.165) is 32.8 Å². The Morgan fingerprint density at radius 3 is 2.58 bits per heavy atom. The van der Waals surface area contributed by atoms with Crippen molar-refractivity contribution in [3.05, 3.63) is 46.7 Å². The lowest BCUT2D eigenvalue weighted by atomic mass is 10.2. The normalized spacial score (nSPS) is 15.5. The predicted molar refractivity (Wildman–Crippen MR) is 81.1 cm³/mol. The zero-order valence-corrected chi connectivity index (χ0v) is 11.7. The van der Waals surface area contributed by atoms with Crippen LogP contribution in [0.5, 0.6) is 0 Å². The summed E-state index contributed by atoms with van der Waals surface area (Å²) in [5.41, 5.74) is 3.80. The number of thiophene rings is 1. The highest BCUT2D eigenvalue weighted by Crippen LogP contribution is 2.18. The number of nitrogens with one attached hydrogen (secondary N) is 1. The molecule has 0 aliphatic carbocycles. The summed E-state index contributed by atoms with van der Waals surface area (Å²) in [6.07, 6.45) is 0. The van der Waals surface area contributed by atoms with Gasteiger partial charge in [0.05, 0.1) is 13.2 Å². The van der Waals surface area contributed by atoms with Gasteiger partial charge in [0.25, 0.3) is 0 Å². The number of rotatable bonds is 4. The highest BCUT2D eigenvalue weighted by atomic mass is 32.1. The molecule has 1 N–H and O–H groups in total. The summed E-state index contributed by atoms with van der Waals surface area (Å²) in [4.78, 5) is 2.37. The highest BCUT2D eigenvalue weighted by Gasteiger charge is 2.10. The van der Waals surface area contributed by atoms with Crippen LogP contribution in [0.1, 0.15) is 5.56 Å². The molecule has 0 atom stereocenters. The SMILES string of the molecule is c1cc(NCc2ccc(N3CCOCC3)cc2)cs1. The van der Waals surface area contributed by atoms with Gasteiger partial charge in [-0.1, -0.05) is 12.1 Å². The Bertz CT molecular complexity index is 489. The molecule has 4 heteroatoms. The lowest BCUT2D eigenvalue weighted by Crippen LogP contribution is -2.36. The summed E-state index contributed by atoms with van der Waals surface area (Å²) in [5, 5.41) is 7.63. The lowest BCUT2D eigenvalue weighted by Gasteiger charge is -2.28. The molecule has 1 aliphatic rings. The Morgan fingerprint density at radius 2 is 1.89 bits per heavy atom. The van der Waals surface area contributed by atoms with Gasteiger partial charge in [-0.15, -0.1) is 0 Å². The van der Waals surface area contributed by atoms with Crippen molar-refractivity contribution in [2.24, 2.45) is 0 Å². The Balaban J connectivity index is 1.58. The number of ether oxygens (including phenoxy) is 1. The van der Waals surface area contributed by atoms with Gasteiger partial charge in [0.1, 0.15) is 0 Å². The average molecular weight is 274 g/mol. The van der Waals surface area contributed by atoms with Gasteiger partial charge >= 0.3 is 0 Å². The van der Waals surface area contributed by atoms with Gasteiger partial charge in [0, 0.05) is 36.4 Å². The van der Waals surface area contributed by atoms with Crippen molar-refractivity contribution >= 4 is 22.7 Å².